The molecule has 2 atom stereocenters. The van der Waals surface area contributed by atoms with Gasteiger partial charge in [-0.05, 0) is 57.2 Å². The number of carbonyl (C=O) groups excluding carboxylic acids is 1. The van der Waals surface area contributed by atoms with Crippen LogP contribution < -0.4 is 5.32 Å². The maximum absolute atomic E-state index is 12.8. The monoisotopic (exact) mass is 352 g/mol. The fourth-order valence-electron chi connectivity index (χ4n) is 3.87. The van der Waals surface area contributed by atoms with Crippen molar-refractivity contribution in [3.8, 4) is 0 Å². The first-order valence-corrected chi connectivity index (χ1v) is 8.80. The number of amides is 1. The summed E-state index contributed by atoms with van der Waals surface area (Å²) in [6.07, 6.45) is 2.65. The molecule has 1 aliphatic heterocycles. The molecule has 1 aliphatic carbocycles. The lowest BCUT2D eigenvalue weighted by Gasteiger charge is -2.28. The van der Waals surface area contributed by atoms with Crippen LogP contribution in [0.5, 0.6) is 0 Å². The molecule has 4 nitrogen and oxygen atoms in total. The highest BCUT2D eigenvalue weighted by Gasteiger charge is 2.58. The Morgan fingerprint density at radius 3 is 2.54 bits per heavy atom. The molecule has 5 heteroatoms. The zero-order valence-corrected chi connectivity index (χ0v) is 15.4. The van der Waals surface area contributed by atoms with Crippen molar-refractivity contribution in [3.05, 3.63) is 35.4 Å². The maximum atomic E-state index is 12.8. The van der Waals surface area contributed by atoms with Gasteiger partial charge in [-0.1, -0.05) is 29.8 Å². The van der Waals surface area contributed by atoms with Gasteiger partial charge >= 0.3 is 0 Å². The van der Waals surface area contributed by atoms with Crippen molar-refractivity contribution in [1.29, 1.82) is 0 Å². The minimum absolute atomic E-state index is 0. The van der Waals surface area contributed by atoms with Gasteiger partial charge in [-0.2, -0.15) is 0 Å². The van der Waals surface area contributed by atoms with Crippen molar-refractivity contribution >= 4 is 18.3 Å². The molecule has 1 saturated carbocycles. The van der Waals surface area contributed by atoms with Gasteiger partial charge in [0.05, 0.1) is 12.6 Å². The Morgan fingerprint density at radius 2 is 1.96 bits per heavy atom. The van der Waals surface area contributed by atoms with Crippen molar-refractivity contribution in [1.82, 2.24) is 10.2 Å². The van der Waals surface area contributed by atoms with Crippen LogP contribution in [0.4, 0.5) is 0 Å². The normalized spacial score (nSPS) is 22.5. The first-order chi connectivity index (χ1) is 11.1. The molecule has 3 rings (SSSR count). The number of nitrogens with one attached hydrogen (secondary N) is 1. The van der Waals surface area contributed by atoms with Gasteiger partial charge in [0.2, 0.25) is 5.91 Å². The van der Waals surface area contributed by atoms with E-state index in [9.17, 15) is 9.90 Å². The fraction of sp³-hybridized carbons (Fsp3) is 0.632. The summed E-state index contributed by atoms with van der Waals surface area (Å²) in [5, 5.41) is 13.8. The highest BCUT2D eigenvalue weighted by molar-refractivity contribution is 5.85. The van der Waals surface area contributed by atoms with E-state index in [1.165, 1.54) is 5.56 Å². The minimum atomic E-state index is -0.609. The van der Waals surface area contributed by atoms with Gasteiger partial charge in [0.15, 0.2) is 0 Å². The zero-order chi connectivity index (χ0) is 16.4. The predicted octanol–water partition coefficient (Wildman–Crippen LogP) is 2.69. The van der Waals surface area contributed by atoms with E-state index < -0.39 is 6.10 Å². The number of benzene rings is 1. The summed E-state index contributed by atoms with van der Waals surface area (Å²) < 4.78 is 0. The number of aliphatic hydroxyl groups is 1. The first-order valence-electron chi connectivity index (χ1n) is 8.80. The largest absolute Gasteiger partial charge is 0.387 e. The molecule has 1 aromatic carbocycles. The third-order valence-corrected chi connectivity index (χ3v) is 5.64. The van der Waals surface area contributed by atoms with Crippen LogP contribution >= 0.6 is 12.4 Å². The van der Waals surface area contributed by atoms with Gasteiger partial charge in [0.1, 0.15) is 0 Å². The Balaban J connectivity index is 0.00000208. The third-order valence-electron chi connectivity index (χ3n) is 5.64. The molecule has 2 fully saturated rings. The Labute approximate surface area is 151 Å². The molecule has 2 N–H and O–H groups in total. The number of hydrogen-bond donors (Lipinski definition) is 2. The van der Waals surface area contributed by atoms with Crippen LogP contribution in [-0.2, 0) is 4.79 Å². The summed E-state index contributed by atoms with van der Waals surface area (Å²) >= 11 is 0. The highest BCUT2D eigenvalue weighted by Crippen LogP contribution is 2.59. The standard InChI is InChI=1S/C19H28N2O2.ClH/c1-3-21(13-17(22)15-6-4-14(2)5-7-15)18(23)16-12-19(16)8-10-20-11-9-19;/h4-7,16-17,20,22H,3,8-13H2,1-2H3;1H. The summed E-state index contributed by atoms with van der Waals surface area (Å²) in [7, 11) is 0. The Morgan fingerprint density at radius 1 is 1.33 bits per heavy atom. The van der Waals surface area contributed by atoms with Crippen molar-refractivity contribution < 1.29 is 9.90 Å². The lowest BCUT2D eigenvalue weighted by Crippen LogP contribution is -2.38. The van der Waals surface area contributed by atoms with Gasteiger partial charge in [0.25, 0.3) is 0 Å². The van der Waals surface area contributed by atoms with E-state index in [1.807, 2.05) is 43.0 Å². The summed E-state index contributed by atoms with van der Waals surface area (Å²) in [6.45, 7) is 7.14. The molecule has 1 heterocycles. The van der Waals surface area contributed by atoms with Crippen molar-refractivity contribution in [2.24, 2.45) is 11.3 Å². The molecule has 1 amide bonds. The third kappa shape index (κ3) is 3.93. The summed E-state index contributed by atoms with van der Waals surface area (Å²) in [6, 6.07) is 7.90. The van der Waals surface area contributed by atoms with Crippen molar-refractivity contribution in [2.75, 3.05) is 26.2 Å². The molecule has 0 aromatic heterocycles. The van der Waals surface area contributed by atoms with Crippen LogP contribution in [0.15, 0.2) is 24.3 Å². The topological polar surface area (TPSA) is 52.6 Å². The van der Waals surface area contributed by atoms with E-state index in [2.05, 4.69) is 5.32 Å². The van der Waals surface area contributed by atoms with Crippen LogP contribution in [0.2, 0.25) is 0 Å². The molecule has 1 saturated heterocycles. The van der Waals surface area contributed by atoms with E-state index in [0.29, 0.717) is 13.1 Å². The minimum Gasteiger partial charge on any atom is -0.387 e. The molecule has 1 aromatic rings. The molecule has 24 heavy (non-hydrogen) atoms. The molecular formula is C19H29ClN2O2. The number of likely N-dealkylation sites (N-methyl/N-ethyl adjacent to an activating group) is 1. The second kappa shape index (κ2) is 7.85. The zero-order valence-electron chi connectivity index (χ0n) is 14.6. The number of hydrogen-bond acceptors (Lipinski definition) is 3. The van der Waals surface area contributed by atoms with E-state index in [4.69, 9.17) is 0 Å². The molecule has 0 bridgehead atoms. The quantitative estimate of drug-likeness (QED) is 0.856. The maximum Gasteiger partial charge on any atom is 0.226 e. The second-order valence-corrected chi connectivity index (χ2v) is 7.17. The molecule has 2 aliphatic rings. The van der Waals surface area contributed by atoms with Gasteiger partial charge in [-0.25, -0.2) is 0 Å². The fourth-order valence-corrected chi connectivity index (χ4v) is 3.87. The van der Waals surface area contributed by atoms with Gasteiger partial charge < -0.3 is 15.3 Å². The summed E-state index contributed by atoms with van der Waals surface area (Å²) in [5.41, 5.74) is 2.31. The van der Waals surface area contributed by atoms with Crippen LogP contribution in [0.1, 0.15) is 43.4 Å². The average molecular weight is 353 g/mol. The number of rotatable bonds is 5. The van der Waals surface area contributed by atoms with Crippen LogP contribution in [-0.4, -0.2) is 42.1 Å². The average Bonchev–Trinajstić information content (AvgIpc) is 3.26. The van der Waals surface area contributed by atoms with Crippen LogP contribution in [0, 0.1) is 18.3 Å². The SMILES string of the molecule is CCN(CC(O)c1ccc(C)cc1)C(=O)C1CC12CCNCC2.Cl. The number of carbonyl (C=O) groups is 1. The Kier molecular flexibility index (Phi) is 6.29. The van der Waals surface area contributed by atoms with E-state index in [0.717, 1.165) is 37.9 Å². The molecule has 0 radical (unpaired) electrons. The van der Waals surface area contributed by atoms with Crippen LogP contribution in [0.25, 0.3) is 0 Å². The molecule has 1 spiro atoms. The summed E-state index contributed by atoms with van der Waals surface area (Å²) in [5.74, 6) is 0.412. The molecule has 134 valence electrons. The second-order valence-electron chi connectivity index (χ2n) is 7.17. The number of halogens is 1. The van der Waals surface area contributed by atoms with Gasteiger partial charge in [0, 0.05) is 12.5 Å². The summed E-state index contributed by atoms with van der Waals surface area (Å²) in [4.78, 5) is 14.7. The number of nitrogens with zero attached hydrogens (tertiary/aromatic N) is 1. The van der Waals surface area contributed by atoms with Crippen molar-refractivity contribution in [2.45, 2.75) is 39.2 Å². The van der Waals surface area contributed by atoms with Gasteiger partial charge in [-0.3, -0.25) is 4.79 Å². The van der Waals surface area contributed by atoms with E-state index >= 15 is 0 Å². The number of piperidine rings is 1. The van der Waals surface area contributed by atoms with E-state index in [1.54, 1.807) is 0 Å². The Hall–Kier alpha value is -1.10. The van der Waals surface area contributed by atoms with Crippen LogP contribution in [0.3, 0.4) is 0 Å². The number of aryl methyl sites for hydroxylation is 1. The highest BCUT2D eigenvalue weighted by atomic mass is 35.5. The van der Waals surface area contributed by atoms with Crippen molar-refractivity contribution in [3.63, 3.8) is 0 Å². The first kappa shape index (κ1) is 19.2. The smallest absolute Gasteiger partial charge is 0.226 e. The van der Waals surface area contributed by atoms with E-state index in [-0.39, 0.29) is 29.6 Å². The molecule has 2 unspecified atom stereocenters. The van der Waals surface area contributed by atoms with Gasteiger partial charge in [-0.15, -0.1) is 12.4 Å². The predicted molar refractivity (Wildman–Crippen MR) is 98.3 cm³/mol. The lowest BCUT2D eigenvalue weighted by molar-refractivity contribution is -0.134. The molecular weight excluding hydrogens is 324 g/mol. The Bertz CT molecular complexity index is 555. The lowest BCUT2D eigenvalue weighted by atomic mass is 9.91. The number of aliphatic hydroxyl groups excluding tert-OH is 1.